The SMILES string of the molecule is O=CO[O-].O=c1[nH]ccc2cc(Br)ccc12.O=c1c2ccc(Br)cc2ccn1CCO.OCCBr.[2H]CF.[Cs+].[Cs+].[H-]. The Kier molecular flexibility index (Phi) is 31.2. The molecule has 0 spiro atoms. The van der Waals surface area contributed by atoms with Crippen molar-refractivity contribution in [3.63, 3.8) is 0 Å². The summed E-state index contributed by atoms with van der Waals surface area (Å²) in [5, 5.41) is 29.0. The molecule has 0 bridgehead atoms. The molecule has 0 amide bonds. The summed E-state index contributed by atoms with van der Waals surface area (Å²) in [5.41, 5.74) is -0.103. The van der Waals surface area contributed by atoms with Gasteiger partial charge in [0.05, 0.1) is 21.7 Å². The van der Waals surface area contributed by atoms with E-state index in [1.165, 1.54) is 4.57 Å². The van der Waals surface area contributed by atoms with E-state index in [4.69, 9.17) is 21.6 Å². The van der Waals surface area contributed by atoms with Gasteiger partial charge in [-0.25, -0.2) is 0 Å². The second-order valence-corrected chi connectivity index (χ2v) is 9.04. The fourth-order valence-electron chi connectivity index (χ4n) is 2.71. The normalized spacial score (nSPS) is 9.15. The molecule has 0 unspecified atom stereocenters. The van der Waals surface area contributed by atoms with Crippen LogP contribution < -0.4 is 154 Å². The molecule has 0 saturated carbocycles. The van der Waals surface area contributed by atoms with Crippen LogP contribution in [0.25, 0.3) is 21.5 Å². The van der Waals surface area contributed by atoms with Gasteiger partial charge in [0.1, 0.15) is 0 Å². The van der Waals surface area contributed by atoms with Crippen molar-refractivity contribution in [3.8, 4) is 0 Å². The van der Waals surface area contributed by atoms with Gasteiger partial charge in [-0.1, -0.05) is 47.8 Å². The summed E-state index contributed by atoms with van der Waals surface area (Å²) in [6.45, 7) is 0.368. The minimum absolute atomic E-state index is 0. The Balaban J connectivity index is -0.000000237. The first-order valence-electron chi connectivity index (χ1n) is 10.9. The summed E-state index contributed by atoms with van der Waals surface area (Å²) in [6.07, 6.45) is 3.35. The van der Waals surface area contributed by atoms with E-state index in [1.54, 1.807) is 24.5 Å². The molecule has 0 atom stereocenters. The smallest absolute Gasteiger partial charge is 1.00 e. The number of pyridine rings is 2. The molecule has 3 N–H and O–H groups in total. The number of aromatic amines is 1. The minimum Gasteiger partial charge on any atom is -1.00 e. The molecule has 4 rings (SSSR count). The molecule has 9 nitrogen and oxygen atoms in total. The van der Waals surface area contributed by atoms with Crippen LogP contribution in [-0.2, 0) is 16.2 Å². The zero-order valence-corrected chi connectivity index (χ0v) is 38.6. The number of aromatic nitrogens is 2. The number of hydrogen-bond donors (Lipinski definition) is 3. The van der Waals surface area contributed by atoms with E-state index in [0.717, 1.165) is 25.1 Å². The second kappa shape index (κ2) is 28.5. The molecule has 0 saturated heterocycles. The number of rotatable bonds is 4. The number of H-pyrrole nitrogens is 1. The fourth-order valence-corrected chi connectivity index (χ4v) is 3.46. The molecule has 0 radical (unpaired) electrons. The van der Waals surface area contributed by atoms with Crippen LogP contribution in [-0.4, -0.2) is 51.9 Å². The first-order valence-corrected chi connectivity index (χ1v) is 12.9. The summed E-state index contributed by atoms with van der Waals surface area (Å²) < 4.78 is 18.9. The van der Waals surface area contributed by atoms with Crippen molar-refractivity contribution in [1.82, 2.24) is 9.55 Å². The van der Waals surface area contributed by atoms with Gasteiger partial charge >= 0.3 is 138 Å². The maximum Gasteiger partial charge on any atom is 1.00 e. The number of benzene rings is 2. The van der Waals surface area contributed by atoms with Crippen molar-refractivity contribution in [3.05, 3.63) is 90.6 Å². The summed E-state index contributed by atoms with van der Waals surface area (Å²) >= 11 is 9.70. The first-order chi connectivity index (χ1) is 18.2. The van der Waals surface area contributed by atoms with Gasteiger partial charge in [0.15, 0.2) is 0 Å². The zero-order valence-electron chi connectivity index (χ0n) is 23.3. The number of nitrogens with zero attached hydrogens (tertiary/aromatic N) is 1. The number of alkyl halides is 2. The Morgan fingerprint density at radius 2 is 1.54 bits per heavy atom. The van der Waals surface area contributed by atoms with Gasteiger partial charge in [0.2, 0.25) is 0 Å². The molecule has 0 aliphatic heterocycles. The Bertz CT molecular complexity index is 1370. The van der Waals surface area contributed by atoms with Crippen LogP contribution in [0, 0.1) is 0 Å². The molecule has 15 heteroatoms. The number of nitrogens with one attached hydrogen (secondary N) is 1. The van der Waals surface area contributed by atoms with Gasteiger partial charge in [-0.15, -0.1) is 0 Å². The molecule has 0 fully saturated rings. The zero-order chi connectivity index (χ0) is 28.9. The van der Waals surface area contributed by atoms with E-state index in [1.807, 2.05) is 36.4 Å². The van der Waals surface area contributed by atoms with Gasteiger partial charge in [-0.2, -0.15) is 0 Å². The molecule has 204 valence electrons. The van der Waals surface area contributed by atoms with Gasteiger partial charge in [-0.05, 0) is 59.3 Å². The van der Waals surface area contributed by atoms with Gasteiger partial charge in [0.25, 0.3) is 17.6 Å². The van der Waals surface area contributed by atoms with E-state index in [2.05, 4.69) is 57.7 Å². The van der Waals surface area contributed by atoms with Crippen molar-refractivity contribution in [2.24, 2.45) is 0 Å². The fraction of sp³-hybridized carbons (Fsp3) is 0.208. The number of fused-ring (bicyclic) bond motifs is 2. The number of aliphatic hydroxyl groups is 2. The molecular weight excluding hydrogens is 953 g/mol. The Morgan fingerprint density at radius 1 is 1.05 bits per heavy atom. The predicted octanol–water partition coefficient (Wildman–Crippen LogP) is -2.44. The number of carbonyl (C=O) groups is 1. The van der Waals surface area contributed by atoms with Gasteiger partial charge in [-0.3, -0.25) is 18.8 Å². The Morgan fingerprint density at radius 3 is 2.00 bits per heavy atom. The van der Waals surface area contributed by atoms with Crippen LogP contribution in [0.1, 0.15) is 2.80 Å². The molecule has 0 aliphatic rings. The third-order valence-corrected chi connectivity index (χ3v) is 5.48. The van der Waals surface area contributed by atoms with Crippen molar-refractivity contribution in [1.29, 1.82) is 0 Å². The van der Waals surface area contributed by atoms with Crippen LogP contribution in [0.2, 0.25) is 0 Å². The second-order valence-electron chi connectivity index (χ2n) is 6.41. The monoisotopic (exact) mass is 977 g/mol. The summed E-state index contributed by atoms with van der Waals surface area (Å²) in [5.74, 6) is 0. The predicted molar refractivity (Wildman–Crippen MR) is 151 cm³/mol. The standard InChI is InChI=1S/C11H10BrNO2.C9H6BrNO.C2H5BrO.CH3F.CH2O3.2Cs.H/c12-9-1-2-10-8(7-9)3-4-13(5-6-14)11(10)15;10-7-1-2-8-6(5-7)3-4-11-9(8)12;3-1-2-4;1-2;2-1-4-3;;;/h1-4,7,14H,5-6H2;1-5H,(H,11,12);4H,1-2H2;1H3;1,3H;;;/q;;;;;2*+1;-1/p-1/i;;;1D;;;;. The molecule has 0 aliphatic carbocycles. The van der Waals surface area contributed by atoms with E-state index in [-0.39, 0.29) is 170 Å². The Hall–Kier alpha value is 1.68. The van der Waals surface area contributed by atoms with E-state index in [9.17, 15) is 14.0 Å². The maximum absolute atomic E-state index is 11.9. The van der Waals surface area contributed by atoms with Crippen LogP contribution in [0.5, 0.6) is 0 Å². The first kappa shape index (κ1) is 42.8. The average molecular weight is 980 g/mol. The number of carbonyl (C=O) groups excluding carboxylic acids is 1. The molecule has 2 aromatic heterocycles. The third-order valence-electron chi connectivity index (χ3n) is 4.14. The van der Waals surface area contributed by atoms with Crippen molar-refractivity contribution >= 4 is 75.8 Å². The molecular formula is C24H26Br3Cs2FN2O7. The molecule has 2 heterocycles. The van der Waals surface area contributed by atoms with E-state index >= 15 is 0 Å². The topological polar surface area (TPSA) is 145 Å². The van der Waals surface area contributed by atoms with Crippen molar-refractivity contribution < 1.29 is 170 Å². The van der Waals surface area contributed by atoms with Crippen LogP contribution in [0.3, 0.4) is 0 Å². The Labute approximate surface area is 370 Å². The number of aliphatic hydroxyl groups excluding tert-OH is 2. The minimum atomic E-state index is -1.00. The largest absolute Gasteiger partial charge is 1.00 e. The molecule has 39 heavy (non-hydrogen) atoms. The summed E-state index contributed by atoms with van der Waals surface area (Å²) in [6, 6.07) is 14.9. The maximum atomic E-state index is 11.9. The van der Waals surface area contributed by atoms with Crippen LogP contribution in [0.15, 0.2) is 79.5 Å². The molecule has 2 aromatic carbocycles. The average Bonchev–Trinajstić information content (AvgIpc) is 2.91. The quantitative estimate of drug-likeness (QED) is 0.0894. The number of hydrogen-bond acceptors (Lipinski definition) is 7. The van der Waals surface area contributed by atoms with Crippen molar-refractivity contribution in [2.45, 2.75) is 6.54 Å². The van der Waals surface area contributed by atoms with Gasteiger partial charge < -0.3 is 31.3 Å². The van der Waals surface area contributed by atoms with Crippen LogP contribution in [0.4, 0.5) is 4.39 Å². The van der Waals surface area contributed by atoms with Crippen LogP contribution >= 0.6 is 47.8 Å². The summed E-state index contributed by atoms with van der Waals surface area (Å²) in [4.78, 5) is 37.0. The van der Waals surface area contributed by atoms with E-state index < -0.39 is 7.15 Å². The summed E-state index contributed by atoms with van der Waals surface area (Å²) in [7, 11) is -1.00. The van der Waals surface area contributed by atoms with E-state index in [0.29, 0.717) is 17.3 Å². The number of halogens is 4. The molecule has 4 aromatic rings. The van der Waals surface area contributed by atoms with Crippen molar-refractivity contribution in [2.75, 3.05) is 25.7 Å². The van der Waals surface area contributed by atoms with Gasteiger partial charge in [0, 0.05) is 44.0 Å². The third kappa shape index (κ3) is 18.2.